The smallest absolute Gasteiger partial charge is 0.241 e. The van der Waals surface area contributed by atoms with Crippen molar-refractivity contribution in [3.63, 3.8) is 0 Å². The van der Waals surface area contributed by atoms with Crippen LogP contribution in [-0.4, -0.2) is 25.2 Å². The highest BCUT2D eigenvalue weighted by Gasteiger charge is 2.31. The third-order valence-electron chi connectivity index (χ3n) is 3.83. The number of aliphatic hydroxyl groups is 1. The normalized spacial score (nSPS) is 27.5. The molecule has 1 aromatic rings. The first-order valence-corrected chi connectivity index (χ1v) is 8.99. The van der Waals surface area contributed by atoms with Crippen LogP contribution in [0.4, 0.5) is 0 Å². The average molecular weight is 362 g/mol. The topological polar surface area (TPSA) is 66.4 Å². The van der Waals surface area contributed by atoms with Gasteiger partial charge < -0.3 is 5.11 Å². The lowest BCUT2D eigenvalue weighted by Gasteiger charge is -2.33. The van der Waals surface area contributed by atoms with Gasteiger partial charge in [-0.05, 0) is 67.1 Å². The van der Waals surface area contributed by atoms with Gasteiger partial charge in [-0.2, -0.15) is 0 Å². The number of benzene rings is 1. The van der Waals surface area contributed by atoms with Crippen molar-refractivity contribution in [2.24, 2.45) is 0 Å². The van der Waals surface area contributed by atoms with Crippen LogP contribution in [0.25, 0.3) is 0 Å². The molecule has 0 heterocycles. The highest BCUT2D eigenvalue weighted by molar-refractivity contribution is 9.10. The van der Waals surface area contributed by atoms with Gasteiger partial charge in [-0.3, -0.25) is 0 Å². The highest BCUT2D eigenvalue weighted by Crippen LogP contribution is 2.30. The first-order chi connectivity index (χ1) is 9.21. The van der Waals surface area contributed by atoms with E-state index in [1.165, 1.54) is 0 Å². The maximum atomic E-state index is 12.4. The number of halogens is 1. The molecule has 0 bridgehead atoms. The molecule has 0 unspecified atom stereocenters. The van der Waals surface area contributed by atoms with Gasteiger partial charge in [0.2, 0.25) is 10.0 Å². The molecule has 2 rings (SSSR count). The second-order valence-corrected chi connectivity index (χ2v) is 8.25. The Morgan fingerprint density at radius 2 is 1.95 bits per heavy atom. The molecule has 0 saturated heterocycles. The third kappa shape index (κ3) is 3.61. The van der Waals surface area contributed by atoms with Crippen molar-refractivity contribution < 1.29 is 13.5 Å². The van der Waals surface area contributed by atoms with Crippen molar-refractivity contribution in [1.82, 2.24) is 4.72 Å². The number of rotatable bonds is 3. The molecule has 0 aliphatic heterocycles. The molecule has 1 aliphatic carbocycles. The summed E-state index contributed by atoms with van der Waals surface area (Å²) in [5.41, 5.74) is 0.228. The van der Waals surface area contributed by atoms with Gasteiger partial charge in [0.05, 0.1) is 10.5 Å². The zero-order chi connectivity index (χ0) is 15.0. The van der Waals surface area contributed by atoms with Crippen molar-refractivity contribution >= 4 is 26.0 Å². The van der Waals surface area contributed by atoms with Gasteiger partial charge in [0, 0.05) is 10.5 Å². The van der Waals surface area contributed by atoms with E-state index in [1.54, 1.807) is 19.1 Å². The Bertz CT molecular complexity index is 588. The molecule has 2 N–H and O–H groups in total. The summed E-state index contributed by atoms with van der Waals surface area (Å²) in [5, 5.41) is 9.90. The molecule has 4 nitrogen and oxygen atoms in total. The molecule has 1 aromatic carbocycles. The van der Waals surface area contributed by atoms with Gasteiger partial charge in [-0.15, -0.1) is 0 Å². The average Bonchev–Trinajstić information content (AvgIpc) is 2.35. The lowest BCUT2D eigenvalue weighted by atomic mass is 9.84. The summed E-state index contributed by atoms with van der Waals surface area (Å²) in [6.07, 6.45) is 2.57. The van der Waals surface area contributed by atoms with Crippen molar-refractivity contribution in [1.29, 1.82) is 0 Å². The summed E-state index contributed by atoms with van der Waals surface area (Å²) in [6, 6.07) is 5.09. The van der Waals surface area contributed by atoms with Crippen LogP contribution < -0.4 is 4.72 Å². The van der Waals surface area contributed by atoms with E-state index in [0.29, 0.717) is 30.2 Å². The summed E-state index contributed by atoms with van der Waals surface area (Å²) >= 11 is 3.34. The Morgan fingerprint density at radius 1 is 1.35 bits per heavy atom. The van der Waals surface area contributed by atoms with Crippen molar-refractivity contribution in [3.05, 3.63) is 28.2 Å². The van der Waals surface area contributed by atoms with Gasteiger partial charge in [-0.25, -0.2) is 13.1 Å². The van der Waals surface area contributed by atoms with Crippen LogP contribution in [0.15, 0.2) is 27.6 Å². The van der Waals surface area contributed by atoms with Crippen molar-refractivity contribution in [2.45, 2.75) is 56.1 Å². The van der Waals surface area contributed by atoms with E-state index in [0.717, 1.165) is 5.56 Å². The summed E-state index contributed by atoms with van der Waals surface area (Å²) < 4.78 is 28.2. The minimum absolute atomic E-state index is 0.104. The maximum Gasteiger partial charge on any atom is 0.241 e. The molecule has 1 fully saturated rings. The van der Waals surface area contributed by atoms with Gasteiger partial charge in [0.15, 0.2) is 0 Å². The standard InChI is InChI=1S/C14H20BrNO3S/c1-10-4-3-5-12(13(10)15)20(18,19)16-11-6-8-14(2,17)9-7-11/h3-5,11,16-17H,6-9H2,1-2H3. The second-order valence-electron chi connectivity index (χ2n) is 5.78. The molecular weight excluding hydrogens is 342 g/mol. The van der Waals surface area contributed by atoms with Crippen molar-refractivity contribution in [2.75, 3.05) is 0 Å². The SMILES string of the molecule is Cc1cccc(S(=O)(=O)NC2CCC(C)(O)CC2)c1Br. The molecular formula is C14H20BrNO3S. The van der Waals surface area contributed by atoms with E-state index >= 15 is 0 Å². The van der Waals surface area contributed by atoms with Gasteiger partial charge in [0.1, 0.15) is 0 Å². The Morgan fingerprint density at radius 3 is 2.55 bits per heavy atom. The van der Waals surface area contributed by atoms with E-state index in [9.17, 15) is 13.5 Å². The molecule has 1 saturated carbocycles. The van der Waals surface area contributed by atoms with Gasteiger partial charge >= 0.3 is 0 Å². The monoisotopic (exact) mass is 361 g/mol. The van der Waals surface area contributed by atoms with Crippen LogP contribution in [0.1, 0.15) is 38.2 Å². The Balaban J connectivity index is 2.14. The Labute approximate surface area is 128 Å². The lowest BCUT2D eigenvalue weighted by Crippen LogP contribution is -2.42. The van der Waals surface area contributed by atoms with Gasteiger partial charge in [0.25, 0.3) is 0 Å². The van der Waals surface area contributed by atoms with Gasteiger partial charge in [-0.1, -0.05) is 12.1 Å². The number of hydrogen-bond acceptors (Lipinski definition) is 3. The van der Waals surface area contributed by atoms with Crippen LogP contribution >= 0.6 is 15.9 Å². The number of hydrogen-bond donors (Lipinski definition) is 2. The van der Waals surface area contributed by atoms with E-state index in [4.69, 9.17) is 0 Å². The first-order valence-electron chi connectivity index (χ1n) is 6.71. The summed E-state index contributed by atoms with van der Waals surface area (Å²) in [4.78, 5) is 0.273. The van der Waals surface area contributed by atoms with E-state index in [-0.39, 0.29) is 10.9 Å². The van der Waals surface area contributed by atoms with Crippen LogP contribution in [0.2, 0.25) is 0 Å². The zero-order valence-corrected chi connectivity index (χ0v) is 14.1. The Hall–Kier alpha value is -0.430. The second kappa shape index (κ2) is 5.75. The summed E-state index contributed by atoms with van der Waals surface area (Å²) in [5.74, 6) is 0. The van der Waals surface area contributed by atoms with E-state index in [2.05, 4.69) is 20.7 Å². The summed E-state index contributed by atoms with van der Waals surface area (Å²) in [6.45, 7) is 3.66. The molecule has 0 amide bonds. The Kier molecular flexibility index (Phi) is 4.59. The molecule has 1 aliphatic rings. The number of nitrogens with one attached hydrogen (secondary N) is 1. The minimum Gasteiger partial charge on any atom is -0.390 e. The molecule has 0 aromatic heterocycles. The molecule has 20 heavy (non-hydrogen) atoms. The predicted octanol–water partition coefficient (Wildman–Crippen LogP) is 2.73. The van der Waals surface area contributed by atoms with E-state index in [1.807, 2.05) is 13.0 Å². The largest absolute Gasteiger partial charge is 0.390 e. The van der Waals surface area contributed by atoms with Crippen LogP contribution in [0.5, 0.6) is 0 Å². The zero-order valence-electron chi connectivity index (χ0n) is 11.7. The fraction of sp³-hybridized carbons (Fsp3) is 0.571. The highest BCUT2D eigenvalue weighted by atomic mass is 79.9. The fourth-order valence-corrected chi connectivity index (χ4v) is 4.83. The van der Waals surface area contributed by atoms with E-state index < -0.39 is 15.6 Å². The third-order valence-corrected chi connectivity index (χ3v) is 6.71. The molecule has 112 valence electrons. The molecule has 6 heteroatoms. The fourth-order valence-electron chi connectivity index (χ4n) is 2.47. The first kappa shape index (κ1) is 15.9. The van der Waals surface area contributed by atoms with Crippen molar-refractivity contribution in [3.8, 4) is 0 Å². The van der Waals surface area contributed by atoms with Crippen LogP contribution in [-0.2, 0) is 10.0 Å². The molecule has 0 radical (unpaired) electrons. The minimum atomic E-state index is -3.53. The predicted molar refractivity (Wildman–Crippen MR) is 82.1 cm³/mol. The molecule has 0 spiro atoms. The maximum absolute atomic E-state index is 12.4. The summed E-state index contributed by atoms with van der Waals surface area (Å²) in [7, 11) is -3.53. The van der Waals surface area contributed by atoms with Crippen LogP contribution in [0.3, 0.4) is 0 Å². The lowest BCUT2D eigenvalue weighted by molar-refractivity contribution is 0.0163. The van der Waals surface area contributed by atoms with Crippen LogP contribution in [0, 0.1) is 6.92 Å². The number of sulfonamides is 1. The molecule has 0 atom stereocenters. The number of aryl methyl sites for hydroxylation is 1. The quantitative estimate of drug-likeness (QED) is 0.869.